The van der Waals surface area contributed by atoms with Crippen molar-refractivity contribution in [3.05, 3.63) is 53.2 Å². The van der Waals surface area contributed by atoms with Crippen molar-refractivity contribution >= 4 is 0 Å². The summed E-state index contributed by atoms with van der Waals surface area (Å²) in [5, 5.41) is 3.27. The first-order chi connectivity index (χ1) is 9.28. The molecule has 0 fully saturated rings. The van der Waals surface area contributed by atoms with Gasteiger partial charge in [-0.2, -0.15) is 0 Å². The maximum Gasteiger partial charge on any atom is 0.195 e. The molecule has 0 unspecified atom stereocenters. The summed E-state index contributed by atoms with van der Waals surface area (Å²) in [4.78, 5) is 4.31. The zero-order chi connectivity index (χ0) is 13.5. The number of hydrogen-bond acceptors (Lipinski definition) is 3. The van der Waals surface area contributed by atoms with Gasteiger partial charge in [0.15, 0.2) is 5.89 Å². The van der Waals surface area contributed by atoms with Gasteiger partial charge >= 0.3 is 0 Å². The molecule has 1 heterocycles. The fraction of sp³-hybridized carbons (Fsp3) is 0.438. The smallest absolute Gasteiger partial charge is 0.195 e. The van der Waals surface area contributed by atoms with Crippen LogP contribution in [0.25, 0.3) is 0 Å². The second-order valence-electron chi connectivity index (χ2n) is 4.81. The fourth-order valence-electron chi connectivity index (χ4n) is 2.09. The van der Waals surface area contributed by atoms with Gasteiger partial charge in [0.1, 0.15) is 5.76 Å². The molecule has 102 valence electrons. The Bertz CT molecular complexity index is 505. The summed E-state index contributed by atoms with van der Waals surface area (Å²) >= 11 is 0. The Kier molecular flexibility index (Phi) is 5.16. The highest BCUT2D eigenvalue weighted by atomic mass is 16.4. The van der Waals surface area contributed by atoms with Gasteiger partial charge in [-0.3, -0.25) is 0 Å². The number of rotatable bonds is 7. The van der Waals surface area contributed by atoms with E-state index in [1.54, 1.807) is 0 Å². The molecular weight excluding hydrogens is 236 g/mol. The highest BCUT2D eigenvalue weighted by Crippen LogP contribution is 2.10. The maximum absolute atomic E-state index is 5.73. The van der Waals surface area contributed by atoms with Crippen LogP contribution in [0, 0.1) is 6.92 Å². The number of nitrogens with zero attached hydrogens (tertiary/aromatic N) is 1. The van der Waals surface area contributed by atoms with E-state index in [1.165, 1.54) is 11.1 Å². The van der Waals surface area contributed by atoms with Crippen LogP contribution in [0.15, 0.2) is 34.9 Å². The number of benzene rings is 1. The summed E-state index contributed by atoms with van der Waals surface area (Å²) in [6, 6.07) is 8.61. The summed E-state index contributed by atoms with van der Waals surface area (Å²) in [6.45, 7) is 6.13. The molecule has 19 heavy (non-hydrogen) atoms. The standard InChI is InChI=1S/C16H22N2O/c1-3-17-10-9-16-18-12-15(19-16)8-7-14-6-4-5-13(2)11-14/h4-6,11-12,17H,3,7-10H2,1-2H3. The Morgan fingerprint density at radius 1 is 1.21 bits per heavy atom. The average Bonchev–Trinajstić information content (AvgIpc) is 2.85. The molecule has 0 saturated heterocycles. The molecule has 0 spiro atoms. The van der Waals surface area contributed by atoms with Crippen LogP contribution >= 0.6 is 0 Å². The monoisotopic (exact) mass is 258 g/mol. The third-order valence-electron chi connectivity index (χ3n) is 3.11. The predicted octanol–water partition coefficient (Wildman–Crippen LogP) is 2.92. The van der Waals surface area contributed by atoms with Crippen molar-refractivity contribution in [1.29, 1.82) is 0 Å². The first kappa shape index (κ1) is 13.8. The highest BCUT2D eigenvalue weighted by Gasteiger charge is 2.04. The van der Waals surface area contributed by atoms with E-state index in [4.69, 9.17) is 4.42 Å². The van der Waals surface area contributed by atoms with Crippen molar-refractivity contribution < 1.29 is 4.42 Å². The summed E-state index contributed by atoms with van der Waals surface area (Å²) in [6.07, 6.45) is 4.64. The molecule has 1 aromatic carbocycles. The van der Waals surface area contributed by atoms with E-state index in [2.05, 4.69) is 48.4 Å². The van der Waals surface area contributed by atoms with Crippen molar-refractivity contribution in [3.63, 3.8) is 0 Å². The van der Waals surface area contributed by atoms with E-state index in [9.17, 15) is 0 Å². The zero-order valence-electron chi connectivity index (χ0n) is 11.8. The van der Waals surface area contributed by atoms with Crippen LogP contribution in [0.3, 0.4) is 0 Å². The van der Waals surface area contributed by atoms with Gasteiger partial charge in [-0.1, -0.05) is 36.8 Å². The molecule has 3 heteroatoms. The van der Waals surface area contributed by atoms with Crippen LogP contribution in [0.5, 0.6) is 0 Å². The van der Waals surface area contributed by atoms with E-state index < -0.39 is 0 Å². The highest BCUT2D eigenvalue weighted by molar-refractivity contribution is 5.22. The van der Waals surface area contributed by atoms with Crippen LogP contribution in [-0.2, 0) is 19.3 Å². The van der Waals surface area contributed by atoms with Crippen LogP contribution in [0.2, 0.25) is 0 Å². The first-order valence-electron chi connectivity index (χ1n) is 6.97. The Balaban J connectivity index is 1.83. The molecular formula is C16H22N2O. The topological polar surface area (TPSA) is 38.1 Å². The number of aryl methyl sites for hydroxylation is 3. The second kappa shape index (κ2) is 7.10. The number of hydrogen-bond donors (Lipinski definition) is 1. The van der Waals surface area contributed by atoms with E-state index in [1.807, 2.05) is 6.20 Å². The van der Waals surface area contributed by atoms with Gasteiger partial charge in [0.25, 0.3) is 0 Å². The van der Waals surface area contributed by atoms with Gasteiger partial charge in [0.05, 0.1) is 6.20 Å². The minimum absolute atomic E-state index is 0.834. The lowest BCUT2D eigenvalue weighted by Gasteiger charge is -2.00. The molecule has 0 radical (unpaired) electrons. The first-order valence-corrected chi connectivity index (χ1v) is 6.97. The van der Waals surface area contributed by atoms with Gasteiger partial charge in [-0.25, -0.2) is 4.98 Å². The van der Waals surface area contributed by atoms with E-state index in [-0.39, 0.29) is 0 Å². The van der Waals surface area contributed by atoms with Gasteiger partial charge in [-0.15, -0.1) is 0 Å². The Morgan fingerprint density at radius 2 is 2.11 bits per heavy atom. The van der Waals surface area contributed by atoms with Crippen LogP contribution in [0.4, 0.5) is 0 Å². The van der Waals surface area contributed by atoms with Crippen molar-refractivity contribution in [2.45, 2.75) is 33.1 Å². The van der Waals surface area contributed by atoms with Crippen LogP contribution in [-0.4, -0.2) is 18.1 Å². The van der Waals surface area contributed by atoms with Crippen molar-refractivity contribution in [2.75, 3.05) is 13.1 Å². The molecule has 0 aliphatic heterocycles. The molecule has 0 saturated carbocycles. The van der Waals surface area contributed by atoms with Gasteiger partial charge in [-0.05, 0) is 25.5 Å². The van der Waals surface area contributed by atoms with Gasteiger partial charge < -0.3 is 9.73 Å². The second-order valence-corrected chi connectivity index (χ2v) is 4.81. The van der Waals surface area contributed by atoms with Crippen LogP contribution < -0.4 is 5.32 Å². The SMILES string of the molecule is CCNCCc1ncc(CCc2cccc(C)c2)o1. The summed E-state index contributed by atoms with van der Waals surface area (Å²) < 4.78 is 5.73. The average molecular weight is 258 g/mol. The molecule has 0 aliphatic rings. The maximum atomic E-state index is 5.73. The van der Waals surface area contributed by atoms with E-state index in [0.717, 1.165) is 44.0 Å². The minimum atomic E-state index is 0.834. The lowest BCUT2D eigenvalue weighted by Crippen LogP contribution is -2.16. The van der Waals surface area contributed by atoms with Gasteiger partial charge in [0, 0.05) is 19.4 Å². The molecule has 1 N–H and O–H groups in total. The number of oxazole rings is 1. The third-order valence-corrected chi connectivity index (χ3v) is 3.11. The zero-order valence-corrected chi connectivity index (χ0v) is 11.8. The number of nitrogens with one attached hydrogen (secondary N) is 1. The summed E-state index contributed by atoms with van der Waals surface area (Å²) in [5.41, 5.74) is 2.66. The Morgan fingerprint density at radius 3 is 2.89 bits per heavy atom. The molecule has 0 amide bonds. The Labute approximate surface area is 115 Å². The molecule has 0 aliphatic carbocycles. The molecule has 2 rings (SSSR count). The molecule has 0 atom stereocenters. The Hall–Kier alpha value is -1.61. The lowest BCUT2D eigenvalue weighted by atomic mass is 10.1. The summed E-state index contributed by atoms with van der Waals surface area (Å²) in [5.74, 6) is 1.81. The predicted molar refractivity (Wildman–Crippen MR) is 77.3 cm³/mol. The minimum Gasteiger partial charge on any atom is -0.446 e. The molecule has 1 aromatic heterocycles. The summed E-state index contributed by atoms with van der Waals surface area (Å²) in [7, 11) is 0. The van der Waals surface area contributed by atoms with E-state index in [0.29, 0.717) is 0 Å². The third kappa shape index (κ3) is 4.52. The molecule has 3 nitrogen and oxygen atoms in total. The fourth-order valence-corrected chi connectivity index (χ4v) is 2.09. The van der Waals surface area contributed by atoms with Gasteiger partial charge in [0.2, 0.25) is 0 Å². The molecule has 0 bridgehead atoms. The lowest BCUT2D eigenvalue weighted by molar-refractivity contribution is 0.449. The number of likely N-dealkylation sites (N-methyl/N-ethyl adjacent to an activating group) is 1. The number of aromatic nitrogens is 1. The van der Waals surface area contributed by atoms with Crippen molar-refractivity contribution in [1.82, 2.24) is 10.3 Å². The van der Waals surface area contributed by atoms with Crippen molar-refractivity contribution in [3.8, 4) is 0 Å². The van der Waals surface area contributed by atoms with Crippen molar-refractivity contribution in [2.24, 2.45) is 0 Å². The quantitative estimate of drug-likeness (QED) is 0.776. The molecule has 2 aromatic rings. The van der Waals surface area contributed by atoms with Crippen LogP contribution in [0.1, 0.15) is 29.7 Å². The largest absolute Gasteiger partial charge is 0.446 e. The van der Waals surface area contributed by atoms with E-state index >= 15 is 0 Å². The normalized spacial score (nSPS) is 10.8.